The van der Waals surface area contributed by atoms with Crippen molar-refractivity contribution >= 4 is 33.9 Å². The minimum Gasteiger partial charge on any atom is -0.469 e. The van der Waals surface area contributed by atoms with Crippen molar-refractivity contribution in [2.45, 2.75) is 6.42 Å². The van der Waals surface area contributed by atoms with E-state index in [0.717, 1.165) is 10.6 Å². The van der Waals surface area contributed by atoms with Gasteiger partial charge in [0.2, 0.25) is 0 Å². The Morgan fingerprint density at radius 2 is 2.11 bits per heavy atom. The summed E-state index contributed by atoms with van der Waals surface area (Å²) in [5.41, 5.74) is 7.31. The molecule has 18 heavy (non-hydrogen) atoms. The summed E-state index contributed by atoms with van der Waals surface area (Å²) in [5, 5.41) is 1.96. The molecule has 2 N–H and O–H groups in total. The number of anilines is 1. The predicted molar refractivity (Wildman–Crippen MR) is 72.7 cm³/mol. The van der Waals surface area contributed by atoms with Gasteiger partial charge in [0.05, 0.1) is 19.2 Å². The number of hydrogen-bond acceptors (Lipinski definition) is 5. The second-order valence-corrected chi connectivity index (χ2v) is 5.06. The Morgan fingerprint density at radius 1 is 1.44 bits per heavy atom. The predicted octanol–water partition coefficient (Wildman–Crippen LogP) is 2.76. The molecule has 0 bridgehead atoms. The van der Waals surface area contributed by atoms with E-state index < -0.39 is 0 Å². The molecule has 0 radical (unpaired) electrons. The van der Waals surface area contributed by atoms with Gasteiger partial charge in [-0.15, -0.1) is 0 Å². The zero-order chi connectivity index (χ0) is 13.1. The van der Waals surface area contributed by atoms with Crippen LogP contribution in [0.4, 0.5) is 5.00 Å². The standard InChI is InChI=1S/C12H11ClN2O2S/c1-17-10(16)6-9-11(14)18-12(15-9)7-2-4-8(13)5-3-7/h2-5H,6,14H2,1H3. The largest absolute Gasteiger partial charge is 0.469 e. The Bertz CT molecular complexity index is 566. The van der Waals surface area contributed by atoms with E-state index in [9.17, 15) is 4.79 Å². The summed E-state index contributed by atoms with van der Waals surface area (Å²) >= 11 is 7.16. The third-order valence-corrected chi connectivity index (χ3v) is 3.59. The highest BCUT2D eigenvalue weighted by atomic mass is 35.5. The van der Waals surface area contributed by atoms with Crippen molar-refractivity contribution < 1.29 is 9.53 Å². The molecule has 0 aliphatic rings. The fraction of sp³-hybridized carbons (Fsp3) is 0.167. The third kappa shape index (κ3) is 2.80. The van der Waals surface area contributed by atoms with Gasteiger partial charge < -0.3 is 10.5 Å². The number of nitrogens with zero attached hydrogens (tertiary/aromatic N) is 1. The first-order valence-corrected chi connectivity index (χ1v) is 6.37. The van der Waals surface area contributed by atoms with Gasteiger partial charge in [-0.05, 0) is 12.1 Å². The first kappa shape index (κ1) is 12.9. The van der Waals surface area contributed by atoms with E-state index in [1.54, 1.807) is 12.1 Å². The number of benzene rings is 1. The first-order valence-electron chi connectivity index (χ1n) is 5.18. The van der Waals surface area contributed by atoms with Gasteiger partial charge >= 0.3 is 5.97 Å². The highest BCUT2D eigenvalue weighted by Crippen LogP contribution is 2.30. The van der Waals surface area contributed by atoms with Crippen molar-refractivity contribution in [1.82, 2.24) is 4.98 Å². The van der Waals surface area contributed by atoms with Crippen molar-refractivity contribution in [2.24, 2.45) is 0 Å². The molecule has 0 amide bonds. The molecule has 94 valence electrons. The van der Waals surface area contributed by atoms with E-state index in [-0.39, 0.29) is 12.4 Å². The Balaban J connectivity index is 2.28. The highest BCUT2D eigenvalue weighted by Gasteiger charge is 2.13. The maximum Gasteiger partial charge on any atom is 0.311 e. The molecule has 0 aliphatic heterocycles. The lowest BCUT2D eigenvalue weighted by atomic mass is 10.2. The Hall–Kier alpha value is -1.59. The number of hydrogen-bond donors (Lipinski definition) is 1. The number of thiazole rings is 1. The summed E-state index contributed by atoms with van der Waals surface area (Å²) in [5.74, 6) is -0.352. The number of halogens is 1. The Labute approximate surface area is 113 Å². The second-order valence-electron chi connectivity index (χ2n) is 3.59. The van der Waals surface area contributed by atoms with Crippen LogP contribution in [0.25, 0.3) is 10.6 Å². The first-order chi connectivity index (χ1) is 8.60. The normalized spacial score (nSPS) is 10.3. The summed E-state index contributed by atoms with van der Waals surface area (Å²) < 4.78 is 4.59. The average molecular weight is 283 g/mol. The number of nitrogen functional groups attached to an aromatic ring is 1. The Morgan fingerprint density at radius 3 is 2.72 bits per heavy atom. The van der Waals surface area contributed by atoms with Crippen LogP contribution in [0.2, 0.25) is 5.02 Å². The van der Waals surface area contributed by atoms with Crippen LogP contribution in [0.1, 0.15) is 5.69 Å². The molecule has 0 aliphatic carbocycles. The fourth-order valence-electron chi connectivity index (χ4n) is 1.42. The molecule has 4 nitrogen and oxygen atoms in total. The van der Waals surface area contributed by atoms with Crippen molar-refractivity contribution in [3.63, 3.8) is 0 Å². The van der Waals surface area contributed by atoms with Crippen LogP contribution in [0.15, 0.2) is 24.3 Å². The van der Waals surface area contributed by atoms with E-state index in [0.29, 0.717) is 15.7 Å². The van der Waals surface area contributed by atoms with Crippen LogP contribution in [0.3, 0.4) is 0 Å². The van der Waals surface area contributed by atoms with Gasteiger partial charge in [0, 0.05) is 10.6 Å². The van der Waals surface area contributed by atoms with Gasteiger partial charge in [-0.1, -0.05) is 35.1 Å². The molecule has 2 aromatic rings. The highest BCUT2D eigenvalue weighted by molar-refractivity contribution is 7.18. The molecule has 6 heteroatoms. The molecule has 0 atom stereocenters. The van der Waals surface area contributed by atoms with E-state index in [2.05, 4.69) is 9.72 Å². The molecule has 1 aromatic carbocycles. The average Bonchev–Trinajstić information content (AvgIpc) is 2.71. The van der Waals surface area contributed by atoms with Gasteiger partial charge in [-0.3, -0.25) is 4.79 Å². The minimum atomic E-state index is -0.352. The van der Waals surface area contributed by atoms with Gasteiger partial charge in [-0.2, -0.15) is 0 Å². The number of rotatable bonds is 3. The molecule has 0 fully saturated rings. The van der Waals surface area contributed by atoms with Crippen LogP contribution in [0.5, 0.6) is 0 Å². The van der Waals surface area contributed by atoms with Crippen molar-refractivity contribution in [3.8, 4) is 10.6 Å². The lowest BCUT2D eigenvalue weighted by Gasteiger charge is -1.96. The van der Waals surface area contributed by atoms with Gasteiger partial charge in [-0.25, -0.2) is 4.98 Å². The van der Waals surface area contributed by atoms with E-state index in [1.807, 2.05) is 12.1 Å². The molecular weight excluding hydrogens is 272 g/mol. The number of esters is 1. The quantitative estimate of drug-likeness (QED) is 0.879. The van der Waals surface area contributed by atoms with Crippen LogP contribution < -0.4 is 5.73 Å². The van der Waals surface area contributed by atoms with Crippen LogP contribution in [-0.2, 0) is 16.0 Å². The summed E-state index contributed by atoms with van der Waals surface area (Å²) in [4.78, 5) is 15.5. The Kier molecular flexibility index (Phi) is 3.84. The summed E-state index contributed by atoms with van der Waals surface area (Å²) in [6.07, 6.45) is 0.0897. The number of ether oxygens (including phenoxy) is 1. The molecule has 0 saturated heterocycles. The molecular formula is C12H11ClN2O2S. The van der Waals surface area contributed by atoms with Crippen LogP contribution >= 0.6 is 22.9 Å². The summed E-state index contributed by atoms with van der Waals surface area (Å²) in [6.45, 7) is 0. The number of carbonyl (C=O) groups is 1. The number of aromatic nitrogens is 1. The summed E-state index contributed by atoms with van der Waals surface area (Å²) in [7, 11) is 1.34. The molecule has 2 rings (SSSR count). The molecule has 0 spiro atoms. The van der Waals surface area contributed by atoms with Crippen LogP contribution in [-0.4, -0.2) is 18.1 Å². The van der Waals surface area contributed by atoms with Crippen molar-refractivity contribution in [2.75, 3.05) is 12.8 Å². The maximum absolute atomic E-state index is 11.2. The number of carbonyl (C=O) groups excluding carboxylic acids is 1. The number of nitrogens with two attached hydrogens (primary N) is 1. The fourth-order valence-corrected chi connectivity index (χ4v) is 2.39. The zero-order valence-electron chi connectivity index (χ0n) is 9.64. The van der Waals surface area contributed by atoms with E-state index in [1.165, 1.54) is 18.4 Å². The van der Waals surface area contributed by atoms with E-state index in [4.69, 9.17) is 17.3 Å². The monoisotopic (exact) mass is 282 g/mol. The second kappa shape index (κ2) is 5.37. The zero-order valence-corrected chi connectivity index (χ0v) is 11.2. The van der Waals surface area contributed by atoms with Gasteiger partial charge in [0.1, 0.15) is 10.0 Å². The smallest absolute Gasteiger partial charge is 0.311 e. The third-order valence-electron chi connectivity index (χ3n) is 2.36. The molecule has 0 unspecified atom stereocenters. The van der Waals surface area contributed by atoms with Crippen molar-refractivity contribution in [1.29, 1.82) is 0 Å². The van der Waals surface area contributed by atoms with Gasteiger partial charge in [0.15, 0.2) is 0 Å². The molecule has 1 heterocycles. The molecule has 0 saturated carbocycles. The lowest BCUT2D eigenvalue weighted by Crippen LogP contribution is -2.06. The van der Waals surface area contributed by atoms with Gasteiger partial charge in [0.25, 0.3) is 0 Å². The molecule has 1 aromatic heterocycles. The number of methoxy groups -OCH3 is 1. The minimum absolute atomic E-state index is 0.0897. The van der Waals surface area contributed by atoms with E-state index >= 15 is 0 Å². The maximum atomic E-state index is 11.2. The lowest BCUT2D eigenvalue weighted by molar-refractivity contribution is -0.139. The van der Waals surface area contributed by atoms with Crippen molar-refractivity contribution in [3.05, 3.63) is 35.0 Å². The van der Waals surface area contributed by atoms with Crippen LogP contribution in [0, 0.1) is 0 Å². The SMILES string of the molecule is COC(=O)Cc1nc(-c2ccc(Cl)cc2)sc1N. The summed E-state index contributed by atoms with van der Waals surface area (Å²) in [6, 6.07) is 7.30. The topological polar surface area (TPSA) is 65.2 Å².